The van der Waals surface area contributed by atoms with Crippen LogP contribution < -0.4 is 14.8 Å². The topological polar surface area (TPSA) is 56.8 Å². The van der Waals surface area contributed by atoms with E-state index in [0.29, 0.717) is 19.8 Å². The second-order valence-corrected chi connectivity index (χ2v) is 5.53. The highest BCUT2D eigenvalue weighted by atomic mass is 16.5. The van der Waals surface area contributed by atoms with Crippen LogP contribution in [0.5, 0.6) is 11.5 Å². The SMILES string of the molecule is CCOc1cc2c(cc1/C=C/C(=O)NCCCOC)OC(C)C2. The summed E-state index contributed by atoms with van der Waals surface area (Å²) in [6.45, 7) is 5.81. The van der Waals surface area contributed by atoms with Crippen molar-refractivity contribution in [2.75, 3.05) is 26.9 Å². The summed E-state index contributed by atoms with van der Waals surface area (Å²) in [7, 11) is 1.65. The fraction of sp³-hybridized carbons (Fsp3) is 0.500. The summed E-state index contributed by atoms with van der Waals surface area (Å²) in [5.74, 6) is 1.53. The Balaban J connectivity index is 2.04. The fourth-order valence-electron chi connectivity index (χ4n) is 2.52. The van der Waals surface area contributed by atoms with E-state index in [2.05, 4.69) is 5.32 Å². The van der Waals surface area contributed by atoms with Crippen LogP contribution in [0.3, 0.4) is 0 Å². The lowest BCUT2D eigenvalue weighted by Gasteiger charge is -2.10. The molecule has 1 atom stereocenters. The van der Waals surface area contributed by atoms with Gasteiger partial charge in [-0.15, -0.1) is 0 Å². The molecule has 1 aliphatic heterocycles. The summed E-state index contributed by atoms with van der Waals surface area (Å²) < 4.78 is 16.4. The van der Waals surface area contributed by atoms with E-state index in [1.54, 1.807) is 13.2 Å². The standard InChI is InChI=1S/C18H25NO4/c1-4-22-16-12-15-10-13(2)23-17(15)11-14(16)6-7-18(20)19-8-5-9-21-3/h6-7,11-13H,4-5,8-10H2,1-3H3,(H,19,20)/b7-6+. The summed E-state index contributed by atoms with van der Waals surface area (Å²) in [4.78, 5) is 11.8. The molecule has 0 bridgehead atoms. The Morgan fingerprint density at radius 2 is 2.30 bits per heavy atom. The molecule has 5 heteroatoms. The summed E-state index contributed by atoms with van der Waals surface area (Å²) in [6.07, 6.45) is 5.16. The molecule has 126 valence electrons. The van der Waals surface area contributed by atoms with Crippen LogP contribution in [0.4, 0.5) is 0 Å². The summed E-state index contributed by atoms with van der Waals surface area (Å²) in [6, 6.07) is 3.96. The van der Waals surface area contributed by atoms with Crippen molar-refractivity contribution in [3.8, 4) is 11.5 Å². The van der Waals surface area contributed by atoms with Crippen molar-refractivity contribution in [2.24, 2.45) is 0 Å². The van der Waals surface area contributed by atoms with Gasteiger partial charge in [-0.25, -0.2) is 0 Å². The Morgan fingerprint density at radius 3 is 3.04 bits per heavy atom. The maximum Gasteiger partial charge on any atom is 0.244 e. The highest BCUT2D eigenvalue weighted by Crippen LogP contribution is 2.35. The summed E-state index contributed by atoms with van der Waals surface area (Å²) in [5.41, 5.74) is 2.01. The minimum Gasteiger partial charge on any atom is -0.493 e. The van der Waals surface area contributed by atoms with Gasteiger partial charge < -0.3 is 19.5 Å². The molecule has 0 spiro atoms. The Morgan fingerprint density at radius 1 is 1.48 bits per heavy atom. The predicted molar refractivity (Wildman–Crippen MR) is 89.9 cm³/mol. The van der Waals surface area contributed by atoms with Crippen LogP contribution >= 0.6 is 0 Å². The average molecular weight is 319 g/mol. The number of ether oxygens (including phenoxy) is 3. The van der Waals surface area contributed by atoms with Crippen molar-refractivity contribution in [1.29, 1.82) is 0 Å². The number of fused-ring (bicyclic) bond motifs is 1. The molecule has 0 aliphatic carbocycles. The van der Waals surface area contributed by atoms with Gasteiger partial charge in [0.1, 0.15) is 17.6 Å². The third kappa shape index (κ3) is 4.99. The summed E-state index contributed by atoms with van der Waals surface area (Å²) in [5, 5.41) is 2.82. The second kappa shape index (κ2) is 8.58. The third-order valence-corrected chi connectivity index (χ3v) is 3.57. The van der Waals surface area contributed by atoms with Gasteiger partial charge in [-0.05, 0) is 38.5 Å². The predicted octanol–water partition coefficient (Wildman–Crippen LogP) is 2.57. The Bertz CT molecular complexity index is 568. The molecule has 1 aromatic rings. The first-order chi connectivity index (χ1) is 11.1. The normalized spacial score (nSPS) is 16.2. The second-order valence-electron chi connectivity index (χ2n) is 5.53. The molecule has 0 aromatic heterocycles. The largest absolute Gasteiger partial charge is 0.493 e. The Labute approximate surface area is 137 Å². The molecular weight excluding hydrogens is 294 g/mol. The molecular formula is C18H25NO4. The molecule has 0 saturated heterocycles. The maximum absolute atomic E-state index is 11.8. The molecule has 1 amide bonds. The number of carbonyl (C=O) groups excluding carboxylic acids is 1. The zero-order chi connectivity index (χ0) is 16.7. The van der Waals surface area contributed by atoms with Gasteiger partial charge in [-0.3, -0.25) is 4.79 Å². The van der Waals surface area contributed by atoms with E-state index in [1.165, 1.54) is 6.08 Å². The van der Waals surface area contributed by atoms with Gasteiger partial charge in [-0.2, -0.15) is 0 Å². The number of amides is 1. The van der Waals surface area contributed by atoms with Crippen molar-refractivity contribution in [2.45, 2.75) is 32.8 Å². The van der Waals surface area contributed by atoms with E-state index in [4.69, 9.17) is 14.2 Å². The fourth-order valence-corrected chi connectivity index (χ4v) is 2.52. The van der Waals surface area contributed by atoms with Crippen LogP contribution in [0.15, 0.2) is 18.2 Å². The van der Waals surface area contributed by atoms with Crippen LogP contribution in [0, 0.1) is 0 Å². The minimum absolute atomic E-state index is 0.127. The van der Waals surface area contributed by atoms with Crippen molar-refractivity contribution in [3.63, 3.8) is 0 Å². The van der Waals surface area contributed by atoms with E-state index in [-0.39, 0.29) is 12.0 Å². The summed E-state index contributed by atoms with van der Waals surface area (Å²) >= 11 is 0. The lowest BCUT2D eigenvalue weighted by molar-refractivity contribution is -0.116. The van der Waals surface area contributed by atoms with Crippen molar-refractivity contribution >= 4 is 12.0 Å². The minimum atomic E-state index is -0.127. The molecule has 0 fully saturated rings. The molecule has 1 aromatic carbocycles. The number of carbonyl (C=O) groups is 1. The lowest BCUT2D eigenvalue weighted by atomic mass is 10.1. The van der Waals surface area contributed by atoms with Gasteiger partial charge in [0.2, 0.25) is 5.91 Å². The first kappa shape index (κ1) is 17.3. The van der Waals surface area contributed by atoms with E-state index in [0.717, 1.165) is 35.5 Å². The van der Waals surface area contributed by atoms with E-state index in [9.17, 15) is 4.79 Å². The third-order valence-electron chi connectivity index (χ3n) is 3.57. The molecule has 2 rings (SSSR count). The molecule has 0 saturated carbocycles. The monoisotopic (exact) mass is 319 g/mol. The number of benzene rings is 1. The molecule has 5 nitrogen and oxygen atoms in total. The zero-order valence-electron chi connectivity index (χ0n) is 14.1. The smallest absolute Gasteiger partial charge is 0.244 e. The number of hydrogen-bond donors (Lipinski definition) is 1. The Kier molecular flexibility index (Phi) is 6.47. The molecule has 1 aliphatic rings. The molecule has 1 heterocycles. The van der Waals surface area contributed by atoms with Gasteiger partial charge in [0.25, 0.3) is 0 Å². The molecule has 1 N–H and O–H groups in total. The Hall–Kier alpha value is -2.01. The highest BCUT2D eigenvalue weighted by Gasteiger charge is 2.21. The van der Waals surface area contributed by atoms with Crippen LogP contribution in [0.2, 0.25) is 0 Å². The molecule has 1 unspecified atom stereocenters. The quantitative estimate of drug-likeness (QED) is 0.591. The van der Waals surface area contributed by atoms with Gasteiger partial charge in [0.05, 0.1) is 6.61 Å². The van der Waals surface area contributed by atoms with Gasteiger partial charge >= 0.3 is 0 Å². The van der Waals surface area contributed by atoms with E-state index < -0.39 is 0 Å². The van der Waals surface area contributed by atoms with Crippen molar-refractivity contribution < 1.29 is 19.0 Å². The van der Waals surface area contributed by atoms with Crippen LogP contribution in [-0.2, 0) is 16.0 Å². The average Bonchev–Trinajstić information content (AvgIpc) is 2.88. The van der Waals surface area contributed by atoms with Crippen LogP contribution in [-0.4, -0.2) is 38.9 Å². The van der Waals surface area contributed by atoms with Crippen molar-refractivity contribution in [3.05, 3.63) is 29.3 Å². The van der Waals surface area contributed by atoms with Crippen molar-refractivity contribution in [1.82, 2.24) is 5.32 Å². The van der Waals surface area contributed by atoms with E-state index in [1.807, 2.05) is 26.0 Å². The zero-order valence-corrected chi connectivity index (χ0v) is 14.1. The molecule has 23 heavy (non-hydrogen) atoms. The van der Waals surface area contributed by atoms with Crippen LogP contribution in [0.1, 0.15) is 31.4 Å². The molecule has 0 radical (unpaired) electrons. The number of hydrogen-bond acceptors (Lipinski definition) is 4. The van der Waals surface area contributed by atoms with Crippen LogP contribution in [0.25, 0.3) is 6.08 Å². The number of rotatable bonds is 8. The first-order valence-electron chi connectivity index (χ1n) is 8.05. The van der Waals surface area contributed by atoms with E-state index >= 15 is 0 Å². The van der Waals surface area contributed by atoms with Gasteiger partial charge in [0.15, 0.2) is 0 Å². The lowest BCUT2D eigenvalue weighted by Crippen LogP contribution is -2.22. The highest BCUT2D eigenvalue weighted by molar-refractivity contribution is 5.92. The van der Waals surface area contributed by atoms with Gasteiger partial charge in [-0.1, -0.05) is 0 Å². The number of methoxy groups -OCH3 is 1. The number of nitrogens with one attached hydrogen (secondary N) is 1. The van der Waals surface area contributed by atoms with Gasteiger partial charge in [0, 0.05) is 43.9 Å². The first-order valence-corrected chi connectivity index (χ1v) is 8.05. The maximum atomic E-state index is 11.8.